The van der Waals surface area contributed by atoms with E-state index in [0.29, 0.717) is 35.7 Å². The Balaban J connectivity index is 1.72. The van der Waals surface area contributed by atoms with Crippen molar-refractivity contribution in [3.63, 3.8) is 0 Å². The van der Waals surface area contributed by atoms with Gasteiger partial charge in [-0.3, -0.25) is 4.79 Å². The Morgan fingerprint density at radius 1 is 1.40 bits per heavy atom. The Hall–Kier alpha value is -1.36. The van der Waals surface area contributed by atoms with E-state index in [2.05, 4.69) is 20.6 Å². The van der Waals surface area contributed by atoms with Crippen molar-refractivity contribution < 1.29 is 4.79 Å². The summed E-state index contributed by atoms with van der Waals surface area (Å²) in [5, 5.41) is 6.64. The number of hydrogen-bond donors (Lipinski definition) is 2. The predicted octanol–water partition coefficient (Wildman–Crippen LogP) is 2.69. The van der Waals surface area contributed by atoms with Gasteiger partial charge in [-0.05, 0) is 19.8 Å². The summed E-state index contributed by atoms with van der Waals surface area (Å²) in [4.78, 5) is 20.0. The highest BCUT2D eigenvalue weighted by molar-refractivity contribution is 6.32. The summed E-state index contributed by atoms with van der Waals surface area (Å²) in [6.45, 7) is 2.33. The van der Waals surface area contributed by atoms with Crippen LogP contribution in [0.25, 0.3) is 0 Å². The first-order valence-corrected chi connectivity index (χ1v) is 7.55. The van der Waals surface area contributed by atoms with Crippen molar-refractivity contribution in [2.45, 2.75) is 51.5 Å². The zero-order valence-electron chi connectivity index (χ0n) is 11.8. The second-order valence-corrected chi connectivity index (χ2v) is 5.60. The zero-order valence-corrected chi connectivity index (χ0v) is 12.5. The fraction of sp³-hybridized carbons (Fsp3) is 0.643. The molecular formula is C14H21ClN4O. The fourth-order valence-corrected chi connectivity index (χ4v) is 2.58. The highest BCUT2D eigenvalue weighted by Gasteiger charge is 2.15. The Kier molecular flexibility index (Phi) is 5.59. The number of nitrogens with zero attached hydrogens (tertiary/aromatic N) is 2. The second kappa shape index (κ2) is 7.43. The molecule has 1 aliphatic rings. The Labute approximate surface area is 124 Å². The van der Waals surface area contributed by atoms with Gasteiger partial charge in [-0.15, -0.1) is 0 Å². The highest BCUT2D eigenvalue weighted by atomic mass is 35.5. The minimum absolute atomic E-state index is 0.0892. The maximum absolute atomic E-state index is 11.8. The summed E-state index contributed by atoms with van der Waals surface area (Å²) in [7, 11) is 0. The molecule has 0 bridgehead atoms. The summed E-state index contributed by atoms with van der Waals surface area (Å²) < 4.78 is 0. The average Bonchev–Trinajstić information content (AvgIpc) is 2.44. The molecule has 1 aromatic heterocycles. The average molecular weight is 297 g/mol. The normalized spacial score (nSPS) is 15.9. The minimum Gasteiger partial charge on any atom is -0.368 e. The topological polar surface area (TPSA) is 66.9 Å². The lowest BCUT2D eigenvalue weighted by atomic mass is 9.95. The first-order valence-electron chi connectivity index (χ1n) is 7.17. The number of hydrogen-bond acceptors (Lipinski definition) is 4. The van der Waals surface area contributed by atoms with Gasteiger partial charge >= 0.3 is 0 Å². The van der Waals surface area contributed by atoms with Gasteiger partial charge in [-0.2, -0.15) is 0 Å². The third kappa shape index (κ3) is 4.63. The zero-order chi connectivity index (χ0) is 14.4. The molecule has 1 fully saturated rings. The lowest BCUT2D eigenvalue weighted by Gasteiger charge is -2.22. The van der Waals surface area contributed by atoms with E-state index >= 15 is 0 Å². The van der Waals surface area contributed by atoms with Gasteiger partial charge in [0, 0.05) is 19.0 Å². The summed E-state index contributed by atoms with van der Waals surface area (Å²) in [6.07, 6.45) is 7.94. The first-order chi connectivity index (χ1) is 9.65. The molecule has 0 atom stereocenters. The van der Waals surface area contributed by atoms with Crippen molar-refractivity contribution in [3.8, 4) is 0 Å². The van der Waals surface area contributed by atoms with Gasteiger partial charge in [0.1, 0.15) is 16.7 Å². The van der Waals surface area contributed by atoms with Crippen molar-refractivity contribution in [1.29, 1.82) is 0 Å². The molecule has 1 aliphatic carbocycles. The van der Waals surface area contributed by atoms with E-state index in [1.165, 1.54) is 19.3 Å². The molecule has 20 heavy (non-hydrogen) atoms. The molecule has 0 saturated heterocycles. The maximum atomic E-state index is 11.8. The monoisotopic (exact) mass is 296 g/mol. The highest BCUT2D eigenvalue weighted by Crippen LogP contribution is 2.18. The van der Waals surface area contributed by atoms with Crippen LogP contribution >= 0.6 is 11.6 Å². The molecule has 0 aliphatic heterocycles. The van der Waals surface area contributed by atoms with Crippen LogP contribution in [0.15, 0.2) is 6.20 Å². The molecule has 1 aromatic rings. The summed E-state index contributed by atoms with van der Waals surface area (Å²) in [6, 6.07) is 0.362. The lowest BCUT2D eigenvalue weighted by molar-refractivity contribution is -0.121. The summed E-state index contributed by atoms with van der Waals surface area (Å²) >= 11 is 5.98. The van der Waals surface area contributed by atoms with Gasteiger partial charge in [0.25, 0.3) is 0 Å². The van der Waals surface area contributed by atoms with Crippen LogP contribution in [-0.4, -0.2) is 28.5 Å². The quantitative estimate of drug-likeness (QED) is 0.877. The van der Waals surface area contributed by atoms with Crippen molar-refractivity contribution >= 4 is 23.3 Å². The SMILES string of the molecule is Cc1ncc(Cl)c(NCCC(=O)NC2CCCCC2)n1. The van der Waals surface area contributed by atoms with Gasteiger partial charge in [0.15, 0.2) is 0 Å². The van der Waals surface area contributed by atoms with E-state index in [0.717, 1.165) is 12.8 Å². The molecule has 2 rings (SSSR count). The van der Waals surface area contributed by atoms with E-state index in [4.69, 9.17) is 11.6 Å². The number of aryl methyl sites for hydroxylation is 1. The number of rotatable bonds is 5. The molecule has 0 radical (unpaired) electrons. The van der Waals surface area contributed by atoms with Crippen molar-refractivity contribution in [1.82, 2.24) is 15.3 Å². The standard InChI is InChI=1S/C14H21ClN4O/c1-10-17-9-12(15)14(18-10)16-8-7-13(20)19-11-5-3-2-4-6-11/h9,11H,2-8H2,1H3,(H,19,20)(H,16,17,18). The van der Waals surface area contributed by atoms with Gasteiger partial charge in [-0.25, -0.2) is 9.97 Å². The van der Waals surface area contributed by atoms with Crippen molar-refractivity contribution in [2.24, 2.45) is 0 Å². The van der Waals surface area contributed by atoms with Crippen molar-refractivity contribution in [3.05, 3.63) is 17.0 Å². The number of amides is 1. The number of carbonyl (C=O) groups is 1. The largest absolute Gasteiger partial charge is 0.368 e. The van der Waals surface area contributed by atoms with Crippen LogP contribution in [0.5, 0.6) is 0 Å². The smallest absolute Gasteiger partial charge is 0.221 e. The van der Waals surface area contributed by atoms with Crippen LogP contribution in [0.3, 0.4) is 0 Å². The van der Waals surface area contributed by atoms with Gasteiger partial charge in [-0.1, -0.05) is 30.9 Å². The van der Waals surface area contributed by atoms with E-state index in [1.807, 2.05) is 0 Å². The molecule has 0 unspecified atom stereocenters. The number of carbonyl (C=O) groups excluding carboxylic acids is 1. The second-order valence-electron chi connectivity index (χ2n) is 5.19. The molecular weight excluding hydrogens is 276 g/mol. The molecule has 0 aromatic carbocycles. The third-order valence-corrected chi connectivity index (χ3v) is 3.76. The van der Waals surface area contributed by atoms with Crippen LogP contribution in [-0.2, 0) is 4.79 Å². The summed E-state index contributed by atoms with van der Waals surface area (Å²) in [5.41, 5.74) is 0. The Bertz CT molecular complexity index is 460. The third-order valence-electron chi connectivity index (χ3n) is 3.48. The fourth-order valence-electron chi connectivity index (χ4n) is 2.42. The van der Waals surface area contributed by atoms with Crippen LogP contribution in [0.2, 0.25) is 5.02 Å². The lowest BCUT2D eigenvalue weighted by Crippen LogP contribution is -2.36. The Morgan fingerprint density at radius 2 is 2.15 bits per heavy atom. The van der Waals surface area contributed by atoms with Gasteiger partial charge in [0.05, 0.1) is 6.20 Å². The molecule has 2 N–H and O–H groups in total. The van der Waals surface area contributed by atoms with Crippen LogP contribution < -0.4 is 10.6 Å². The summed E-state index contributed by atoms with van der Waals surface area (Å²) in [5.74, 6) is 1.33. The Morgan fingerprint density at radius 3 is 2.90 bits per heavy atom. The van der Waals surface area contributed by atoms with Crippen LogP contribution in [0.4, 0.5) is 5.82 Å². The van der Waals surface area contributed by atoms with Crippen LogP contribution in [0.1, 0.15) is 44.3 Å². The van der Waals surface area contributed by atoms with Gasteiger partial charge < -0.3 is 10.6 Å². The van der Waals surface area contributed by atoms with Crippen molar-refractivity contribution in [2.75, 3.05) is 11.9 Å². The minimum atomic E-state index is 0.0892. The number of halogens is 1. The van der Waals surface area contributed by atoms with E-state index < -0.39 is 0 Å². The molecule has 110 valence electrons. The number of aromatic nitrogens is 2. The molecule has 6 heteroatoms. The molecule has 1 saturated carbocycles. The van der Waals surface area contributed by atoms with E-state index in [1.54, 1.807) is 13.1 Å². The molecule has 0 spiro atoms. The molecule has 1 heterocycles. The van der Waals surface area contributed by atoms with Crippen LogP contribution in [0, 0.1) is 6.92 Å². The van der Waals surface area contributed by atoms with Gasteiger partial charge in [0.2, 0.25) is 5.91 Å². The maximum Gasteiger partial charge on any atom is 0.221 e. The first kappa shape index (κ1) is 15.0. The molecule has 5 nitrogen and oxygen atoms in total. The predicted molar refractivity (Wildman–Crippen MR) is 79.9 cm³/mol. The molecule has 1 amide bonds. The number of nitrogens with one attached hydrogen (secondary N) is 2. The van der Waals surface area contributed by atoms with E-state index in [-0.39, 0.29) is 5.91 Å². The number of anilines is 1. The van der Waals surface area contributed by atoms with E-state index in [9.17, 15) is 4.79 Å².